The highest BCUT2D eigenvalue weighted by Gasteiger charge is 2.19. The van der Waals surface area contributed by atoms with E-state index in [4.69, 9.17) is 9.15 Å². The third kappa shape index (κ3) is 3.94. The second kappa shape index (κ2) is 8.11. The van der Waals surface area contributed by atoms with Crippen LogP contribution in [0.3, 0.4) is 0 Å². The van der Waals surface area contributed by atoms with E-state index in [1.807, 2.05) is 66.7 Å². The predicted molar refractivity (Wildman–Crippen MR) is 121 cm³/mol. The number of hydrogen-bond donors (Lipinski definition) is 1. The quantitative estimate of drug-likeness (QED) is 0.471. The molecule has 1 aliphatic rings. The van der Waals surface area contributed by atoms with Crippen LogP contribution in [0.2, 0.25) is 0 Å². The number of anilines is 1. The number of carbonyl (C=O) groups excluding carboxylic acids is 1. The summed E-state index contributed by atoms with van der Waals surface area (Å²) in [4.78, 5) is 24.5. The van der Waals surface area contributed by atoms with E-state index in [1.165, 1.54) is 0 Å². The molecule has 0 unspecified atom stereocenters. The van der Waals surface area contributed by atoms with Gasteiger partial charge in [-0.15, -0.1) is 0 Å². The molecule has 0 aliphatic heterocycles. The number of benzene rings is 3. The molecule has 1 aromatic heterocycles. The van der Waals surface area contributed by atoms with Gasteiger partial charge < -0.3 is 14.5 Å². The van der Waals surface area contributed by atoms with Crippen LogP contribution in [0.1, 0.15) is 17.5 Å². The highest BCUT2D eigenvalue weighted by Crippen LogP contribution is 2.29. The zero-order valence-corrected chi connectivity index (χ0v) is 16.9. The second-order valence-corrected chi connectivity index (χ2v) is 7.64. The molecule has 1 aliphatic carbocycles. The van der Waals surface area contributed by atoms with Crippen molar-refractivity contribution in [3.63, 3.8) is 0 Å². The van der Waals surface area contributed by atoms with Gasteiger partial charge in [-0.2, -0.15) is 0 Å². The molecule has 0 atom stereocenters. The van der Waals surface area contributed by atoms with E-state index in [9.17, 15) is 9.59 Å². The first kappa shape index (κ1) is 19.1. The Morgan fingerprint density at radius 2 is 1.65 bits per heavy atom. The Kier molecular flexibility index (Phi) is 5.00. The average Bonchev–Trinajstić information content (AvgIpc) is 3.30. The molecule has 1 N–H and O–H groups in total. The first-order valence-electron chi connectivity index (χ1n) is 10.3. The minimum Gasteiger partial charge on any atom is -0.484 e. The predicted octanol–water partition coefficient (Wildman–Crippen LogP) is 4.97. The van der Waals surface area contributed by atoms with Crippen LogP contribution in [-0.4, -0.2) is 12.5 Å². The van der Waals surface area contributed by atoms with Crippen molar-refractivity contribution in [1.29, 1.82) is 0 Å². The monoisotopic (exact) mass is 411 g/mol. The first-order valence-corrected chi connectivity index (χ1v) is 10.3. The van der Waals surface area contributed by atoms with Gasteiger partial charge >= 0.3 is 5.63 Å². The van der Waals surface area contributed by atoms with Crippen molar-refractivity contribution in [2.75, 3.05) is 11.9 Å². The van der Waals surface area contributed by atoms with E-state index in [2.05, 4.69) is 5.32 Å². The van der Waals surface area contributed by atoms with E-state index < -0.39 is 0 Å². The molecule has 154 valence electrons. The lowest BCUT2D eigenvalue weighted by Gasteiger charge is -2.10. The number of ether oxygens (including phenoxy) is 1. The Hall–Kier alpha value is -3.86. The number of nitrogens with one attached hydrogen (secondary N) is 1. The van der Waals surface area contributed by atoms with Crippen LogP contribution < -0.4 is 15.7 Å². The molecule has 0 spiro atoms. The first-order chi connectivity index (χ1) is 15.2. The highest BCUT2D eigenvalue weighted by atomic mass is 16.5. The van der Waals surface area contributed by atoms with E-state index >= 15 is 0 Å². The van der Waals surface area contributed by atoms with Crippen LogP contribution in [0.4, 0.5) is 5.69 Å². The van der Waals surface area contributed by atoms with E-state index in [-0.39, 0.29) is 18.1 Å². The fourth-order valence-electron chi connectivity index (χ4n) is 4.08. The second-order valence-electron chi connectivity index (χ2n) is 7.64. The maximum absolute atomic E-state index is 12.3. The standard InChI is InChI=1S/C26H21NO4/c28-25(27-19-11-9-18(10-12-19)17-5-2-1-3-6-17)16-30-20-13-14-22-21-7-4-8-23(21)26(29)31-24(22)15-20/h1-3,5-6,9-15H,4,7-8,16H2,(H,27,28). The summed E-state index contributed by atoms with van der Waals surface area (Å²) in [6, 6.07) is 23.1. The van der Waals surface area contributed by atoms with Crippen molar-refractivity contribution in [2.45, 2.75) is 19.3 Å². The van der Waals surface area contributed by atoms with Gasteiger partial charge in [0, 0.05) is 22.7 Å². The molecule has 0 bridgehead atoms. The lowest BCUT2D eigenvalue weighted by Crippen LogP contribution is -2.20. The summed E-state index contributed by atoms with van der Waals surface area (Å²) >= 11 is 0. The zero-order chi connectivity index (χ0) is 21.2. The van der Waals surface area contributed by atoms with E-state index in [0.717, 1.165) is 46.9 Å². The summed E-state index contributed by atoms with van der Waals surface area (Å²) < 4.78 is 11.1. The van der Waals surface area contributed by atoms with Crippen LogP contribution in [0.25, 0.3) is 22.1 Å². The van der Waals surface area contributed by atoms with Gasteiger partial charge in [-0.25, -0.2) is 4.79 Å². The Labute approximate surface area is 179 Å². The highest BCUT2D eigenvalue weighted by molar-refractivity contribution is 5.92. The summed E-state index contributed by atoms with van der Waals surface area (Å²) in [6.45, 7) is -0.138. The largest absolute Gasteiger partial charge is 0.484 e. The minimum absolute atomic E-state index is 0.138. The van der Waals surface area contributed by atoms with Crippen LogP contribution in [0, 0.1) is 0 Å². The number of fused-ring (bicyclic) bond motifs is 3. The van der Waals surface area contributed by atoms with Crippen molar-refractivity contribution in [2.24, 2.45) is 0 Å². The summed E-state index contributed by atoms with van der Waals surface area (Å²) in [6.07, 6.45) is 2.64. The molecular formula is C26H21NO4. The third-order valence-electron chi connectivity index (χ3n) is 5.59. The maximum atomic E-state index is 12.3. The zero-order valence-electron chi connectivity index (χ0n) is 16.9. The lowest BCUT2D eigenvalue weighted by molar-refractivity contribution is -0.118. The fraction of sp³-hybridized carbons (Fsp3) is 0.154. The molecule has 0 radical (unpaired) electrons. The Morgan fingerprint density at radius 3 is 2.45 bits per heavy atom. The van der Waals surface area contributed by atoms with Gasteiger partial charge in [0.25, 0.3) is 5.91 Å². The molecule has 5 heteroatoms. The molecular weight excluding hydrogens is 390 g/mol. The summed E-state index contributed by atoms with van der Waals surface area (Å²) in [7, 11) is 0. The lowest BCUT2D eigenvalue weighted by atomic mass is 10.1. The van der Waals surface area contributed by atoms with Crippen molar-refractivity contribution >= 4 is 22.6 Å². The molecule has 3 aromatic carbocycles. The summed E-state index contributed by atoms with van der Waals surface area (Å²) in [5.41, 5.74) is 5.01. The number of carbonyl (C=O) groups is 1. The Balaban J connectivity index is 1.24. The van der Waals surface area contributed by atoms with Crippen LogP contribution in [-0.2, 0) is 17.6 Å². The van der Waals surface area contributed by atoms with Gasteiger partial charge in [-0.3, -0.25) is 4.79 Å². The molecule has 4 aromatic rings. The molecule has 0 saturated carbocycles. The van der Waals surface area contributed by atoms with Gasteiger partial charge in [-0.05, 0) is 60.2 Å². The van der Waals surface area contributed by atoms with Crippen molar-refractivity contribution in [3.8, 4) is 16.9 Å². The maximum Gasteiger partial charge on any atom is 0.339 e. The SMILES string of the molecule is O=C(COc1ccc2c3c(c(=O)oc2c1)CCC3)Nc1ccc(-c2ccccc2)cc1. The Bertz CT molecular complexity index is 1310. The molecule has 5 nitrogen and oxygen atoms in total. The van der Waals surface area contributed by atoms with Crippen LogP contribution in [0.5, 0.6) is 5.75 Å². The van der Waals surface area contributed by atoms with Gasteiger partial charge in [0.1, 0.15) is 11.3 Å². The van der Waals surface area contributed by atoms with Crippen molar-refractivity contribution in [1.82, 2.24) is 0 Å². The number of hydrogen-bond acceptors (Lipinski definition) is 4. The third-order valence-corrected chi connectivity index (χ3v) is 5.59. The normalized spacial score (nSPS) is 12.5. The Morgan fingerprint density at radius 1 is 0.903 bits per heavy atom. The van der Waals surface area contributed by atoms with Gasteiger partial charge in [0.2, 0.25) is 0 Å². The summed E-state index contributed by atoms with van der Waals surface area (Å²) in [5, 5.41) is 3.78. The van der Waals surface area contributed by atoms with Crippen molar-refractivity contribution in [3.05, 3.63) is 94.3 Å². The van der Waals surface area contributed by atoms with Gasteiger partial charge in [0.15, 0.2) is 6.61 Å². The van der Waals surface area contributed by atoms with E-state index in [1.54, 1.807) is 6.07 Å². The summed E-state index contributed by atoms with van der Waals surface area (Å²) in [5.74, 6) is 0.228. The topological polar surface area (TPSA) is 68.5 Å². The van der Waals surface area contributed by atoms with Gasteiger partial charge in [0.05, 0.1) is 0 Å². The van der Waals surface area contributed by atoms with Crippen LogP contribution in [0.15, 0.2) is 82.0 Å². The molecule has 5 rings (SSSR count). The van der Waals surface area contributed by atoms with E-state index in [0.29, 0.717) is 17.0 Å². The van der Waals surface area contributed by atoms with Crippen molar-refractivity contribution < 1.29 is 13.9 Å². The fourth-order valence-corrected chi connectivity index (χ4v) is 4.08. The number of amides is 1. The molecule has 1 heterocycles. The number of rotatable bonds is 5. The molecule has 1 amide bonds. The smallest absolute Gasteiger partial charge is 0.339 e. The molecule has 0 saturated heterocycles. The molecule has 31 heavy (non-hydrogen) atoms. The molecule has 0 fully saturated rings. The minimum atomic E-state index is -0.270. The average molecular weight is 411 g/mol. The van der Waals surface area contributed by atoms with Crippen LogP contribution >= 0.6 is 0 Å². The number of aryl methyl sites for hydroxylation is 1. The van der Waals surface area contributed by atoms with Gasteiger partial charge in [-0.1, -0.05) is 42.5 Å².